The molecule has 2 aliphatic rings. The van der Waals surface area contributed by atoms with Crippen LogP contribution in [0.1, 0.15) is 58.1 Å². The number of hydrogen-bond donors (Lipinski definition) is 2. The Bertz CT molecular complexity index is 598. The van der Waals surface area contributed by atoms with Crippen molar-refractivity contribution < 1.29 is 9.21 Å². The zero-order valence-electron chi connectivity index (χ0n) is 16.7. The summed E-state index contributed by atoms with van der Waals surface area (Å²) in [4.78, 5) is 19.0. The number of piperidine rings is 1. The summed E-state index contributed by atoms with van der Waals surface area (Å²) >= 11 is 0. The van der Waals surface area contributed by atoms with Crippen LogP contribution in [0.5, 0.6) is 0 Å². The Hall–Kier alpha value is -1.98. The third kappa shape index (κ3) is 6.01. The van der Waals surface area contributed by atoms with Gasteiger partial charge in [-0.2, -0.15) is 0 Å². The fourth-order valence-corrected chi connectivity index (χ4v) is 3.93. The first kappa shape index (κ1) is 19.8. The SMILES string of the molecule is CC(C)C(=O)N1CCC(NC(=NCCc2ccco2)NC2CCCC2)CC1. The highest BCUT2D eigenvalue weighted by Crippen LogP contribution is 2.18. The lowest BCUT2D eigenvalue weighted by Gasteiger charge is -2.34. The minimum atomic E-state index is 0.0808. The highest BCUT2D eigenvalue weighted by molar-refractivity contribution is 5.81. The number of guanidine groups is 1. The number of furan rings is 1. The van der Waals surface area contributed by atoms with Crippen molar-refractivity contribution in [3.05, 3.63) is 24.2 Å². The number of aliphatic imine (C=N–C) groups is 1. The molecule has 6 nitrogen and oxygen atoms in total. The van der Waals surface area contributed by atoms with Crippen molar-refractivity contribution in [2.75, 3.05) is 19.6 Å². The average Bonchev–Trinajstić information content (AvgIpc) is 3.35. The van der Waals surface area contributed by atoms with Crippen molar-refractivity contribution >= 4 is 11.9 Å². The first-order valence-electron chi connectivity index (χ1n) is 10.5. The third-order valence-electron chi connectivity index (χ3n) is 5.55. The van der Waals surface area contributed by atoms with Gasteiger partial charge in [-0.25, -0.2) is 0 Å². The molecule has 1 aromatic heterocycles. The molecule has 0 bridgehead atoms. The molecule has 2 fully saturated rings. The van der Waals surface area contributed by atoms with Gasteiger partial charge in [0.1, 0.15) is 5.76 Å². The fourth-order valence-electron chi connectivity index (χ4n) is 3.93. The molecule has 1 amide bonds. The van der Waals surface area contributed by atoms with Gasteiger partial charge >= 0.3 is 0 Å². The van der Waals surface area contributed by atoms with E-state index in [9.17, 15) is 4.79 Å². The first-order valence-corrected chi connectivity index (χ1v) is 10.5. The molecule has 3 rings (SSSR count). The molecule has 6 heteroatoms. The summed E-state index contributed by atoms with van der Waals surface area (Å²) in [5, 5.41) is 7.25. The van der Waals surface area contributed by atoms with Crippen molar-refractivity contribution in [1.82, 2.24) is 15.5 Å². The fraction of sp³-hybridized carbons (Fsp3) is 0.714. The molecule has 0 aromatic carbocycles. The number of nitrogens with zero attached hydrogens (tertiary/aromatic N) is 2. The predicted octanol–water partition coefficient (Wildman–Crippen LogP) is 2.95. The summed E-state index contributed by atoms with van der Waals surface area (Å²) in [6.45, 7) is 6.32. The number of amides is 1. The van der Waals surface area contributed by atoms with Gasteiger partial charge in [0.25, 0.3) is 0 Å². The summed E-state index contributed by atoms with van der Waals surface area (Å²) in [6.07, 6.45) is 9.51. The van der Waals surface area contributed by atoms with Crippen LogP contribution in [0.25, 0.3) is 0 Å². The number of carbonyl (C=O) groups is 1. The highest BCUT2D eigenvalue weighted by Gasteiger charge is 2.25. The van der Waals surface area contributed by atoms with Gasteiger partial charge in [-0.05, 0) is 37.8 Å². The molecule has 0 unspecified atom stereocenters. The molecule has 27 heavy (non-hydrogen) atoms. The van der Waals surface area contributed by atoms with Gasteiger partial charge in [-0.3, -0.25) is 9.79 Å². The maximum atomic E-state index is 12.2. The van der Waals surface area contributed by atoms with Crippen molar-refractivity contribution in [3.8, 4) is 0 Å². The van der Waals surface area contributed by atoms with Crippen LogP contribution in [0.4, 0.5) is 0 Å². The number of carbonyl (C=O) groups excluding carboxylic acids is 1. The molecule has 0 atom stereocenters. The van der Waals surface area contributed by atoms with Crippen molar-refractivity contribution in [3.63, 3.8) is 0 Å². The van der Waals surface area contributed by atoms with Crippen LogP contribution in [-0.2, 0) is 11.2 Å². The van der Waals surface area contributed by atoms with Gasteiger partial charge in [-0.15, -0.1) is 0 Å². The van der Waals surface area contributed by atoms with E-state index in [0.29, 0.717) is 18.6 Å². The normalized spacial score (nSPS) is 19.7. The Morgan fingerprint density at radius 3 is 2.44 bits per heavy atom. The summed E-state index contributed by atoms with van der Waals surface area (Å²) in [5.41, 5.74) is 0. The Balaban J connectivity index is 1.52. The van der Waals surface area contributed by atoms with E-state index in [2.05, 4.69) is 10.6 Å². The molecule has 1 saturated carbocycles. The molecule has 1 aliphatic carbocycles. The summed E-state index contributed by atoms with van der Waals surface area (Å²) in [6, 6.07) is 4.82. The topological polar surface area (TPSA) is 69.9 Å². The predicted molar refractivity (Wildman–Crippen MR) is 108 cm³/mol. The van der Waals surface area contributed by atoms with Gasteiger partial charge in [0.2, 0.25) is 5.91 Å². The van der Waals surface area contributed by atoms with Crippen LogP contribution in [0.15, 0.2) is 27.8 Å². The van der Waals surface area contributed by atoms with Gasteiger partial charge < -0.3 is 20.0 Å². The van der Waals surface area contributed by atoms with Crippen LogP contribution in [0.2, 0.25) is 0 Å². The van der Waals surface area contributed by atoms with E-state index >= 15 is 0 Å². The second-order valence-corrected chi connectivity index (χ2v) is 8.08. The van der Waals surface area contributed by atoms with Crippen molar-refractivity contribution in [2.45, 2.75) is 70.9 Å². The quantitative estimate of drug-likeness (QED) is 0.593. The van der Waals surface area contributed by atoms with Crippen molar-refractivity contribution in [2.24, 2.45) is 10.9 Å². The summed E-state index contributed by atoms with van der Waals surface area (Å²) < 4.78 is 5.40. The maximum Gasteiger partial charge on any atom is 0.225 e. The van der Waals surface area contributed by atoms with E-state index in [0.717, 1.165) is 44.1 Å². The molecule has 1 aliphatic heterocycles. The second-order valence-electron chi connectivity index (χ2n) is 8.08. The van der Waals surface area contributed by atoms with Crippen LogP contribution >= 0.6 is 0 Å². The number of likely N-dealkylation sites (tertiary alicyclic amines) is 1. The Morgan fingerprint density at radius 1 is 1.19 bits per heavy atom. The monoisotopic (exact) mass is 374 g/mol. The van der Waals surface area contributed by atoms with E-state index in [4.69, 9.17) is 9.41 Å². The zero-order chi connectivity index (χ0) is 19.1. The van der Waals surface area contributed by atoms with Gasteiger partial charge in [-0.1, -0.05) is 26.7 Å². The molecule has 2 heterocycles. The third-order valence-corrected chi connectivity index (χ3v) is 5.55. The van der Waals surface area contributed by atoms with Gasteiger partial charge in [0.05, 0.1) is 6.26 Å². The van der Waals surface area contributed by atoms with Gasteiger partial charge in [0, 0.05) is 44.1 Å². The molecule has 2 N–H and O–H groups in total. The lowest BCUT2D eigenvalue weighted by atomic mass is 10.0. The maximum absolute atomic E-state index is 12.2. The molecular weight excluding hydrogens is 340 g/mol. The minimum Gasteiger partial charge on any atom is -0.469 e. The van der Waals surface area contributed by atoms with E-state index in [-0.39, 0.29) is 11.8 Å². The lowest BCUT2D eigenvalue weighted by molar-refractivity contribution is -0.135. The van der Waals surface area contributed by atoms with E-state index in [1.165, 1.54) is 25.7 Å². The van der Waals surface area contributed by atoms with Crippen LogP contribution < -0.4 is 10.6 Å². The minimum absolute atomic E-state index is 0.0808. The Labute approximate surface area is 162 Å². The number of nitrogens with one attached hydrogen (secondary N) is 2. The molecule has 0 radical (unpaired) electrons. The second kappa shape index (κ2) is 9.81. The largest absolute Gasteiger partial charge is 0.469 e. The van der Waals surface area contributed by atoms with Crippen LogP contribution in [-0.4, -0.2) is 48.5 Å². The summed E-state index contributed by atoms with van der Waals surface area (Å²) in [7, 11) is 0. The Kier molecular flexibility index (Phi) is 7.18. The van der Waals surface area contributed by atoms with Crippen LogP contribution in [0, 0.1) is 5.92 Å². The smallest absolute Gasteiger partial charge is 0.225 e. The van der Waals surface area contributed by atoms with Gasteiger partial charge in [0.15, 0.2) is 5.96 Å². The molecular formula is C21H34N4O2. The molecule has 1 aromatic rings. The number of hydrogen-bond acceptors (Lipinski definition) is 3. The average molecular weight is 375 g/mol. The Morgan fingerprint density at radius 2 is 1.85 bits per heavy atom. The van der Waals surface area contributed by atoms with E-state index in [1.807, 2.05) is 30.9 Å². The highest BCUT2D eigenvalue weighted by atomic mass is 16.3. The molecule has 1 saturated heterocycles. The zero-order valence-corrected chi connectivity index (χ0v) is 16.7. The standard InChI is InChI=1S/C21H34N4O2/c1-16(2)20(26)25-13-10-18(11-14-25)24-21(23-17-6-3-4-7-17)22-12-9-19-8-5-15-27-19/h5,8,15-18H,3-4,6-7,9-14H2,1-2H3,(H2,22,23,24). The summed E-state index contributed by atoms with van der Waals surface area (Å²) in [5.74, 6) is 2.24. The lowest BCUT2D eigenvalue weighted by Crippen LogP contribution is -2.51. The van der Waals surface area contributed by atoms with Crippen molar-refractivity contribution in [1.29, 1.82) is 0 Å². The first-order chi connectivity index (χ1) is 13.1. The van der Waals surface area contributed by atoms with E-state index in [1.54, 1.807) is 6.26 Å². The molecule has 150 valence electrons. The van der Waals surface area contributed by atoms with Crippen LogP contribution in [0.3, 0.4) is 0 Å². The molecule has 0 spiro atoms. The van der Waals surface area contributed by atoms with E-state index < -0.39 is 0 Å². The number of rotatable bonds is 6.